The largest absolute Gasteiger partial charge is 0.481 e. The Morgan fingerprint density at radius 2 is 1.92 bits per heavy atom. The summed E-state index contributed by atoms with van der Waals surface area (Å²) in [5.74, 6) is -0.855. The lowest BCUT2D eigenvalue weighted by Crippen LogP contribution is -2.51. The van der Waals surface area contributed by atoms with Gasteiger partial charge in [0, 0.05) is 30.6 Å². The number of rotatable bonds is 3. The summed E-state index contributed by atoms with van der Waals surface area (Å²) in [5, 5.41) is 10.5. The van der Waals surface area contributed by atoms with Gasteiger partial charge in [-0.1, -0.05) is 30.2 Å². The van der Waals surface area contributed by atoms with Crippen LogP contribution in [0.25, 0.3) is 0 Å². The number of carboxylic acid groups (broad SMARTS) is 1. The molecule has 25 heavy (non-hydrogen) atoms. The van der Waals surface area contributed by atoms with Crippen molar-refractivity contribution in [1.29, 1.82) is 0 Å². The first-order chi connectivity index (χ1) is 12.0. The Labute approximate surface area is 151 Å². The van der Waals surface area contributed by atoms with Gasteiger partial charge in [0.1, 0.15) is 0 Å². The third kappa shape index (κ3) is 2.48. The lowest BCUT2D eigenvalue weighted by molar-refractivity contribution is -0.157. The first kappa shape index (κ1) is 16.9. The summed E-state index contributed by atoms with van der Waals surface area (Å²) in [4.78, 5) is 27.1. The molecule has 1 N–H and O–H groups in total. The van der Waals surface area contributed by atoms with E-state index in [1.165, 1.54) is 0 Å². The van der Waals surface area contributed by atoms with E-state index >= 15 is 0 Å². The Bertz CT molecular complexity index is 700. The number of ether oxygens (including phenoxy) is 1. The molecule has 1 aromatic rings. The number of benzene rings is 1. The zero-order valence-electron chi connectivity index (χ0n) is 14.0. The Morgan fingerprint density at radius 3 is 2.48 bits per heavy atom. The Kier molecular flexibility index (Phi) is 4.04. The lowest BCUT2D eigenvalue weighted by Gasteiger charge is -2.43. The maximum absolute atomic E-state index is 13.4. The highest BCUT2D eigenvalue weighted by Gasteiger charge is 2.58. The molecule has 134 valence electrons. The quantitative estimate of drug-likeness (QED) is 0.896. The molecule has 2 atom stereocenters. The molecule has 0 aromatic heterocycles. The summed E-state index contributed by atoms with van der Waals surface area (Å²) in [6.07, 6.45) is 3.11. The van der Waals surface area contributed by atoms with Crippen molar-refractivity contribution in [2.45, 2.75) is 31.1 Å². The van der Waals surface area contributed by atoms with Crippen molar-refractivity contribution in [3.05, 3.63) is 34.9 Å². The van der Waals surface area contributed by atoms with E-state index in [1.807, 2.05) is 24.3 Å². The van der Waals surface area contributed by atoms with Gasteiger partial charge in [-0.05, 0) is 37.0 Å². The van der Waals surface area contributed by atoms with Crippen LogP contribution < -0.4 is 0 Å². The number of likely N-dealkylation sites (tertiary alicyclic amines) is 1. The fraction of sp³-hybridized carbons (Fsp3) is 0.579. The standard InChI is InChI=1S/C19H22ClNO4/c20-15-4-2-13(3-5-15)18(6-1-7-18)16(22)21-10-14-11-25-9-8-19(14,12-21)17(23)24/h2-5,14H,1,6-12H2,(H,23,24)/t14-,19+/m1/s1. The minimum Gasteiger partial charge on any atom is -0.481 e. The zero-order chi connectivity index (χ0) is 17.7. The van der Waals surface area contributed by atoms with Crippen LogP contribution in [0.3, 0.4) is 0 Å². The molecule has 5 nitrogen and oxygen atoms in total. The summed E-state index contributed by atoms with van der Waals surface area (Å²) >= 11 is 5.99. The molecular formula is C19H22ClNO4. The molecule has 6 heteroatoms. The van der Waals surface area contributed by atoms with Gasteiger partial charge in [-0.25, -0.2) is 0 Å². The summed E-state index contributed by atoms with van der Waals surface area (Å²) in [7, 11) is 0. The van der Waals surface area contributed by atoms with Gasteiger partial charge in [0.15, 0.2) is 0 Å². The summed E-state index contributed by atoms with van der Waals surface area (Å²) in [6, 6.07) is 7.50. The summed E-state index contributed by atoms with van der Waals surface area (Å²) in [5.41, 5.74) is -0.374. The molecule has 0 bridgehead atoms. The number of hydrogen-bond acceptors (Lipinski definition) is 3. The monoisotopic (exact) mass is 363 g/mol. The number of carbonyl (C=O) groups excluding carboxylic acids is 1. The van der Waals surface area contributed by atoms with E-state index in [9.17, 15) is 14.7 Å². The molecule has 3 fully saturated rings. The second-order valence-electron chi connectivity index (χ2n) is 7.61. The first-order valence-corrected chi connectivity index (χ1v) is 9.22. The van der Waals surface area contributed by atoms with Crippen LogP contribution in [0, 0.1) is 11.3 Å². The van der Waals surface area contributed by atoms with E-state index in [0.717, 1.165) is 24.8 Å². The molecule has 2 aliphatic heterocycles. The van der Waals surface area contributed by atoms with Crippen molar-refractivity contribution in [3.63, 3.8) is 0 Å². The average Bonchev–Trinajstić information content (AvgIpc) is 2.96. The van der Waals surface area contributed by atoms with Crippen LogP contribution in [0.1, 0.15) is 31.2 Å². The van der Waals surface area contributed by atoms with Gasteiger partial charge >= 0.3 is 5.97 Å². The van der Waals surface area contributed by atoms with Crippen LogP contribution in [0.4, 0.5) is 0 Å². The normalized spacial score (nSPS) is 30.4. The fourth-order valence-electron chi connectivity index (χ4n) is 4.68. The summed E-state index contributed by atoms with van der Waals surface area (Å²) in [6.45, 7) is 1.64. The van der Waals surface area contributed by atoms with Crippen LogP contribution in [0.5, 0.6) is 0 Å². The topological polar surface area (TPSA) is 66.8 Å². The first-order valence-electron chi connectivity index (χ1n) is 8.85. The van der Waals surface area contributed by atoms with E-state index in [4.69, 9.17) is 16.3 Å². The predicted octanol–water partition coefficient (Wildman–Crippen LogP) is 2.71. The molecule has 2 saturated heterocycles. The fourth-order valence-corrected chi connectivity index (χ4v) is 4.81. The number of halogens is 1. The maximum Gasteiger partial charge on any atom is 0.311 e. The highest BCUT2D eigenvalue weighted by Crippen LogP contribution is 2.49. The number of carboxylic acids is 1. The Balaban J connectivity index is 1.62. The SMILES string of the molecule is O=C(N1C[C@@H]2COCC[C@]2(C(=O)O)C1)C1(c2ccc(Cl)cc2)CCC1. The number of carbonyl (C=O) groups is 2. The van der Waals surface area contributed by atoms with Crippen LogP contribution in [0.15, 0.2) is 24.3 Å². The Morgan fingerprint density at radius 1 is 1.20 bits per heavy atom. The highest BCUT2D eigenvalue weighted by molar-refractivity contribution is 6.30. The van der Waals surface area contributed by atoms with Crippen molar-refractivity contribution >= 4 is 23.5 Å². The smallest absolute Gasteiger partial charge is 0.311 e. The lowest BCUT2D eigenvalue weighted by atomic mass is 9.63. The van der Waals surface area contributed by atoms with Crippen molar-refractivity contribution in [2.75, 3.05) is 26.3 Å². The number of amides is 1. The van der Waals surface area contributed by atoms with Gasteiger partial charge in [0.25, 0.3) is 0 Å². The maximum atomic E-state index is 13.4. The highest BCUT2D eigenvalue weighted by atomic mass is 35.5. The second-order valence-corrected chi connectivity index (χ2v) is 8.05. The van der Waals surface area contributed by atoms with Gasteiger partial charge in [-0.3, -0.25) is 9.59 Å². The van der Waals surface area contributed by atoms with Crippen molar-refractivity contribution in [2.24, 2.45) is 11.3 Å². The molecule has 1 aliphatic carbocycles. The summed E-state index contributed by atoms with van der Waals surface area (Å²) < 4.78 is 5.49. The van der Waals surface area contributed by atoms with Crippen molar-refractivity contribution < 1.29 is 19.4 Å². The third-order valence-corrected chi connectivity index (χ3v) is 6.69. The predicted molar refractivity (Wildman–Crippen MR) is 92.6 cm³/mol. The van der Waals surface area contributed by atoms with Crippen LogP contribution in [0.2, 0.25) is 5.02 Å². The molecule has 2 heterocycles. The average molecular weight is 364 g/mol. The molecule has 0 unspecified atom stereocenters. The number of aliphatic carboxylic acids is 1. The second kappa shape index (κ2) is 5.99. The molecule has 0 radical (unpaired) electrons. The van der Waals surface area contributed by atoms with Crippen molar-refractivity contribution in [3.8, 4) is 0 Å². The van der Waals surface area contributed by atoms with E-state index < -0.39 is 16.8 Å². The molecule has 1 aromatic carbocycles. The van der Waals surface area contributed by atoms with Crippen LogP contribution in [-0.2, 0) is 19.7 Å². The van der Waals surface area contributed by atoms with Gasteiger partial charge in [-0.15, -0.1) is 0 Å². The molecule has 1 saturated carbocycles. The number of hydrogen-bond donors (Lipinski definition) is 1. The van der Waals surface area contributed by atoms with Crippen molar-refractivity contribution in [1.82, 2.24) is 4.90 Å². The van der Waals surface area contributed by atoms with E-state index in [0.29, 0.717) is 37.7 Å². The third-order valence-electron chi connectivity index (χ3n) is 6.43. The van der Waals surface area contributed by atoms with Crippen LogP contribution >= 0.6 is 11.6 Å². The van der Waals surface area contributed by atoms with Gasteiger partial charge in [0.05, 0.1) is 17.4 Å². The number of fused-ring (bicyclic) bond motifs is 1. The number of nitrogens with zero attached hydrogens (tertiary/aromatic N) is 1. The molecular weight excluding hydrogens is 342 g/mol. The van der Waals surface area contributed by atoms with E-state index in [2.05, 4.69) is 0 Å². The molecule has 3 aliphatic rings. The van der Waals surface area contributed by atoms with Gasteiger partial charge in [0.2, 0.25) is 5.91 Å². The minimum atomic E-state index is -0.848. The zero-order valence-corrected chi connectivity index (χ0v) is 14.8. The van der Waals surface area contributed by atoms with E-state index in [-0.39, 0.29) is 11.8 Å². The van der Waals surface area contributed by atoms with Crippen LogP contribution in [-0.4, -0.2) is 48.2 Å². The molecule has 0 spiro atoms. The van der Waals surface area contributed by atoms with Gasteiger partial charge < -0.3 is 14.7 Å². The molecule has 4 rings (SSSR count). The van der Waals surface area contributed by atoms with E-state index in [1.54, 1.807) is 4.90 Å². The molecule has 1 amide bonds. The Hall–Kier alpha value is -1.59. The van der Waals surface area contributed by atoms with Gasteiger partial charge in [-0.2, -0.15) is 0 Å². The minimum absolute atomic E-state index is 0.0658.